The van der Waals surface area contributed by atoms with Crippen LogP contribution in [0.15, 0.2) is 30.3 Å². The summed E-state index contributed by atoms with van der Waals surface area (Å²) in [7, 11) is 1.29. The van der Waals surface area contributed by atoms with Crippen LogP contribution in [0.25, 0.3) is 0 Å². The predicted molar refractivity (Wildman–Crippen MR) is 91.2 cm³/mol. The topological polar surface area (TPSA) is 84.5 Å². The summed E-state index contributed by atoms with van der Waals surface area (Å²) < 4.78 is 4.75. The second kappa shape index (κ2) is 10.4. The number of benzene rings is 1. The van der Waals surface area contributed by atoms with Crippen molar-refractivity contribution in [2.75, 3.05) is 7.11 Å². The number of carbonyl (C=O) groups excluding carboxylic acids is 3. The van der Waals surface area contributed by atoms with E-state index in [1.807, 2.05) is 37.3 Å². The zero-order valence-electron chi connectivity index (χ0n) is 14.5. The lowest BCUT2D eigenvalue weighted by molar-refractivity contribution is -0.145. The SMILES string of the molecule is CCCC[C@H](NC(=O)[C@@H](Cc1ccccc1)NC(C)=O)C(=O)OC. The Kier molecular flexibility index (Phi) is 8.54. The first-order valence-corrected chi connectivity index (χ1v) is 8.17. The lowest BCUT2D eigenvalue weighted by Crippen LogP contribution is -2.52. The van der Waals surface area contributed by atoms with Crippen molar-refractivity contribution in [3.63, 3.8) is 0 Å². The summed E-state index contributed by atoms with van der Waals surface area (Å²) in [6.07, 6.45) is 2.56. The Morgan fingerprint density at radius 1 is 1.08 bits per heavy atom. The maximum absolute atomic E-state index is 12.5. The zero-order chi connectivity index (χ0) is 17.9. The van der Waals surface area contributed by atoms with Gasteiger partial charge in [0.1, 0.15) is 12.1 Å². The molecule has 0 aliphatic rings. The van der Waals surface area contributed by atoms with E-state index in [2.05, 4.69) is 10.6 Å². The number of rotatable bonds is 9. The van der Waals surface area contributed by atoms with Crippen LogP contribution in [-0.2, 0) is 25.5 Å². The van der Waals surface area contributed by atoms with Gasteiger partial charge in [0.05, 0.1) is 7.11 Å². The highest BCUT2D eigenvalue weighted by molar-refractivity contribution is 5.90. The monoisotopic (exact) mass is 334 g/mol. The van der Waals surface area contributed by atoms with Gasteiger partial charge in [0.25, 0.3) is 0 Å². The van der Waals surface area contributed by atoms with Crippen molar-refractivity contribution < 1.29 is 19.1 Å². The van der Waals surface area contributed by atoms with Gasteiger partial charge >= 0.3 is 5.97 Å². The third kappa shape index (κ3) is 6.81. The van der Waals surface area contributed by atoms with Crippen LogP contribution in [0.3, 0.4) is 0 Å². The fourth-order valence-corrected chi connectivity index (χ4v) is 2.38. The number of unbranched alkanes of at least 4 members (excludes halogenated alkanes) is 1. The largest absolute Gasteiger partial charge is 0.467 e. The van der Waals surface area contributed by atoms with Gasteiger partial charge in [0, 0.05) is 13.3 Å². The number of ether oxygens (including phenoxy) is 1. The maximum atomic E-state index is 12.5. The molecule has 6 nitrogen and oxygen atoms in total. The first kappa shape index (κ1) is 19.7. The molecular formula is C18H26N2O4. The summed E-state index contributed by atoms with van der Waals surface area (Å²) in [5.41, 5.74) is 0.926. The van der Waals surface area contributed by atoms with Gasteiger partial charge in [-0.15, -0.1) is 0 Å². The Morgan fingerprint density at radius 3 is 2.29 bits per heavy atom. The number of esters is 1. The molecule has 0 aromatic heterocycles. The third-order valence-electron chi connectivity index (χ3n) is 3.63. The smallest absolute Gasteiger partial charge is 0.328 e. The molecule has 1 rings (SSSR count). The van der Waals surface area contributed by atoms with Crippen LogP contribution in [0.4, 0.5) is 0 Å². The summed E-state index contributed by atoms with van der Waals surface area (Å²) in [5.74, 6) is -1.16. The average molecular weight is 334 g/mol. The van der Waals surface area contributed by atoms with Crippen molar-refractivity contribution >= 4 is 17.8 Å². The quantitative estimate of drug-likeness (QED) is 0.672. The van der Waals surface area contributed by atoms with Crippen molar-refractivity contribution in [2.45, 2.75) is 51.6 Å². The molecule has 6 heteroatoms. The minimum Gasteiger partial charge on any atom is -0.467 e. The van der Waals surface area contributed by atoms with Crippen LogP contribution in [0.2, 0.25) is 0 Å². The normalized spacial score (nSPS) is 12.8. The van der Waals surface area contributed by atoms with Crippen LogP contribution in [0.1, 0.15) is 38.7 Å². The van der Waals surface area contributed by atoms with Crippen LogP contribution in [0.5, 0.6) is 0 Å². The van der Waals surface area contributed by atoms with E-state index in [9.17, 15) is 14.4 Å². The van der Waals surface area contributed by atoms with Gasteiger partial charge in [0.2, 0.25) is 11.8 Å². The number of nitrogens with one attached hydrogen (secondary N) is 2. The van der Waals surface area contributed by atoms with Crippen LogP contribution in [-0.4, -0.2) is 37.0 Å². The van der Waals surface area contributed by atoms with Crippen molar-refractivity contribution in [3.05, 3.63) is 35.9 Å². The van der Waals surface area contributed by atoms with Gasteiger partial charge in [-0.3, -0.25) is 9.59 Å². The highest BCUT2D eigenvalue weighted by Crippen LogP contribution is 2.07. The fraction of sp³-hybridized carbons (Fsp3) is 0.500. The van der Waals surface area contributed by atoms with E-state index in [1.165, 1.54) is 14.0 Å². The summed E-state index contributed by atoms with van der Waals surface area (Å²) in [6.45, 7) is 3.37. The van der Waals surface area contributed by atoms with Crippen molar-refractivity contribution in [1.82, 2.24) is 10.6 Å². The number of amides is 2. The molecule has 132 valence electrons. The van der Waals surface area contributed by atoms with E-state index in [0.29, 0.717) is 12.8 Å². The highest BCUT2D eigenvalue weighted by atomic mass is 16.5. The fourth-order valence-electron chi connectivity index (χ4n) is 2.38. The summed E-state index contributed by atoms with van der Waals surface area (Å²) >= 11 is 0. The molecular weight excluding hydrogens is 308 g/mol. The minimum absolute atomic E-state index is 0.297. The zero-order valence-corrected chi connectivity index (χ0v) is 14.5. The van der Waals surface area contributed by atoms with Gasteiger partial charge in [-0.05, 0) is 12.0 Å². The third-order valence-corrected chi connectivity index (χ3v) is 3.63. The number of hydrogen-bond donors (Lipinski definition) is 2. The molecule has 1 aromatic carbocycles. The standard InChI is InChI=1S/C18H26N2O4/c1-4-5-11-15(18(23)24-3)20-17(22)16(19-13(2)21)12-14-9-7-6-8-10-14/h6-10,15-16H,4-5,11-12H2,1-3H3,(H,19,21)(H,20,22)/t15-,16+/m0/s1. The van der Waals surface area contributed by atoms with E-state index in [-0.39, 0.29) is 11.8 Å². The van der Waals surface area contributed by atoms with Gasteiger partial charge < -0.3 is 15.4 Å². The number of methoxy groups -OCH3 is 1. The van der Waals surface area contributed by atoms with E-state index >= 15 is 0 Å². The van der Waals surface area contributed by atoms with Crippen molar-refractivity contribution in [1.29, 1.82) is 0 Å². The van der Waals surface area contributed by atoms with Crippen LogP contribution >= 0.6 is 0 Å². The molecule has 0 saturated heterocycles. The van der Waals surface area contributed by atoms with Gasteiger partial charge in [-0.2, -0.15) is 0 Å². The highest BCUT2D eigenvalue weighted by Gasteiger charge is 2.26. The Morgan fingerprint density at radius 2 is 1.75 bits per heavy atom. The molecule has 0 aliphatic heterocycles. The molecule has 1 aromatic rings. The summed E-state index contributed by atoms with van der Waals surface area (Å²) in [4.78, 5) is 35.8. The molecule has 0 heterocycles. The Labute approximate surface area is 143 Å². The molecule has 0 aliphatic carbocycles. The molecule has 2 N–H and O–H groups in total. The van der Waals surface area contributed by atoms with Crippen molar-refractivity contribution in [2.24, 2.45) is 0 Å². The molecule has 0 saturated carbocycles. The van der Waals surface area contributed by atoms with Gasteiger partial charge in [0.15, 0.2) is 0 Å². The van der Waals surface area contributed by atoms with E-state index < -0.39 is 18.1 Å². The molecule has 0 fully saturated rings. The van der Waals surface area contributed by atoms with E-state index in [1.54, 1.807) is 0 Å². The average Bonchev–Trinajstić information content (AvgIpc) is 2.57. The summed E-state index contributed by atoms with van der Waals surface area (Å²) in [6, 6.07) is 7.96. The Hall–Kier alpha value is -2.37. The van der Waals surface area contributed by atoms with Gasteiger partial charge in [-0.25, -0.2) is 4.79 Å². The lowest BCUT2D eigenvalue weighted by atomic mass is 10.0. The molecule has 0 spiro atoms. The second-order valence-corrected chi connectivity index (χ2v) is 5.67. The molecule has 2 amide bonds. The first-order valence-electron chi connectivity index (χ1n) is 8.17. The molecule has 2 atom stereocenters. The predicted octanol–water partition coefficient (Wildman–Crippen LogP) is 1.58. The molecule has 0 unspecified atom stereocenters. The summed E-state index contributed by atoms with van der Waals surface area (Å²) in [5, 5.41) is 5.34. The maximum Gasteiger partial charge on any atom is 0.328 e. The lowest BCUT2D eigenvalue weighted by Gasteiger charge is -2.22. The van der Waals surface area contributed by atoms with Crippen molar-refractivity contribution in [3.8, 4) is 0 Å². The van der Waals surface area contributed by atoms with Crippen LogP contribution < -0.4 is 10.6 Å². The minimum atomic E-state index is -0.737. The van der Waals surface area contributed by atoms with Gasteiger partial charge in [-0.1, -0.05) is 50.1 Å². The van der Waals surface area contributed by atoms with E-state index in [0.717, 1.165) is 18.4 Å². The van der Waals surface area contributed by atoms with Crippen LogP contribution in [0, 0.1) is 0 Å². The van der Waals surface area contributed by atoms with E-state index in [4.69, 9.17) is 4.74 Å². The second-order valence-electron chi connectivity index (χ2n) is 5.67. The Balaban J connectivity index is 2.81. The Bertz CT molecular complexity index is 545. The molecule has 0 bridgehead atoms. The molecule has 0 radical (unpaired) electrons. The molecule has 24 heavy (non-hydrogen) atoms. The first-order chi connectivity index (χ1) is 11.5. The number of hydrogen-bond acceptors (Lipinski definition) is 4. The number of carbonyl (C=O) groups is 3.